The monoisotopic (exact) mass is 216 g/mol. The van der Waals surface area contributed by atoms with Crippen molar-refractivity contribution in [3.63, 3.8) is 0 Å². The van der Waals surface area contributed by atoms with Gasteiger partial charge in [-0.25, -0.2) is 8.78 Å². The van der Waals surface area contributed by atoms with Crippen LogP contribution in [0.3, 0.4) is 0 Å². The van der Waals surface area contributed by atoms with Crippen molar-refractivity contribution in [1.82, 2.24) is 0 Å². The lowest BCUT2D eigenvalue weighted by Crippen LogP contribution is -2.03. The van der Waals surface area contributed by atoms with Crippen molar-refractivity contribution in [3.05, 3.63) is 23.8 Å². The molecule has 1 unspecified atom stereocenters. The Kier molecular flexibility index (Phi) is 3.14. The number of hydrogen-bond donors (Lipinski definition) is 1. The van der Waals surface area contributed by atoms with Gasteiger partial charge in [0.15, 0.2) is 0 Å². The molecule has 1 atom stereocenters. The molecule has 0 radical (unpaired) electrons. The van der Waals surface area contributed by atoms with Crippen molar-refractivity contribution < 1.29 is 13.0 Å². The van der Waals surface area contributed by atoms with Gasteiger partial charge in [0.2, 0.25) is 0 Å². The smallest absolute Gasteiger partial charge is 0.144 e. The van der Waals surface area contributed by atoms with E-state index in [1.54, 1.807) is 6.07 Å². The van der Waals surface area contributed by atoms with Gasteiger partial charge in [0, 0.05) is 5.69 Å². The van der Waals surface area contributed by atoms with Crippen LogP contribution in [-0.2, 0) is 10.8 Å². The third kappa shape index (κ3) is 2.06. The van der Waals surface area contributed by atoms with Crippen molar-refractivity contribution in [2.75, 3.05) is 11.5 Å². The van der Waals surface area contributed by atoms with E-state index in [9.17, 15) is 13.0 Å². The molecule has 1 aromatic carbocycles. The minimum absolute atomic E-state index is 0.0855. The fourth-order valence-electron chi connectivity index (χ4n) is 0.928. The molecule has 0 spiro atoms. The molecule has 0 amide bonds. The number of hydrogen-bond acceptors (Lipinski definition) is 3. The van der Waals surface area contributed by atoms with Crippen LogP contribution in [0.2, 0.25) is 0 Å². The molecule has 1 aromatic rings. The van der Waals surface area contributed by atoms with Crippen LogP contribution in [0, 0.1) is 23.0 Å². The van der Waals surface area contributed by atoms with Crippen molar-refractivity contribution >= 4 is 16.5 Å². The van der Waals surface area contributed by atoms with Crippen LogP contribution in [-0.4, -0.2) is 9.96 Å². The lowest BCUT2D eigenvalue weighted by atomic mass is 10.3. The van der Waals surface area contributed by atoms with E-state index in [1.807, 2.05) is 0 Å². The third-order valence-corrected chi connectivity index (χ3v) is 2.68. The summed E-state index contributed by atoms with van der Waals surface area (Å²) < 4.78 is 37.3. The molecule has 1 rings (SSSR count). The number of nitrogens with two attached hydrogens (primary N) is 1. The minimum atomic E-state index is -1.98. The Morgan fingerprint density at radius 3 is 2.36 bits per heavy atom. The van der Waals surface area contributed by atoms with E-state index in [0.717, 1.165) is 12.1 Å². The average Bonchev–Trinajstić information content (AvgIpc) is 2.01. The Bertz CT molecular complexity index is 405. The van der Waals surface area contributed by atoms with E-state index in [0.29, 0.717) is 0 Å². The maximum Gasteiger partial charge on any atom is 0.144 e. The van der Waals surface area contributed by atoms with Crippen LogP contribution in [0.1, 0.15) is 0 Å². The number of nitriles is 1. The summed E-state index contributed by atoms with van der Waals surface area (Å²) >= 11 is 0. The summed E-state index contributed by atoms with van der Waals surface area (Å²) in [4.78, 5) is -0.597. The minimum Gasteiger partial charge on any atom is -0.399 e. The molecule has 2 N–H and O–H groups in total. The molecular weight excluding hydrogens is 210 g/mol. The average molecular weight is 216 g/mol. The van der Waals surface area contributed by atoms with E-state index >= 15 is 0 Å². The summed E-state index contributed by atoms with van der Waals surface area (Å²) in [6.45, 7) is 0. The van der Waals surface area contributed by atoms with Gasteiger partial charge in [0.1, 0.15) is 22.3 Å². The zero-order valence-corrected chi connectivity index (χ0v) is 7.78. The van der Waals surface area contributed by atoms with Crippen LogP contribution in [0.4, 0.5) is 14.5 Å². The number of rotatable bonds is 2. The second-order valence-electron chi connectivity index (χ2n) is 2.46. The number of nitrogen functional groups attached to an aromatic ring is 1. The lowest BCUT2D eigenvalue weighted by Gasteiger charge is -2.03. The van der Waals surface area contributed by atoms with E-state index < -0.39 is 33.1 Å². The van der Waals surface area contributed by atoms with Gasteiger partial charge in [-0.2, -0.15) is 5.26 Å². The molecule has 0 aromatic heterocycles. The highest BCUT2D eigenvalue weighted by Gasteiger charge is 2.16. The number of halogens is 2. The molecule has 0 saturated carbocycles. The second-order valence-corrected chi connectivity index (χ2v) is 3.85. The van der Waals surface area contributed by atoms with Crippen molar-refractivity contribution in [1.29, 1.82) is 5.26 Å². The fourth-order valence-corrected chi connectivity index (χ4v) is 1.74. The first-order chi connectivity index (χ1) is 6.56. The Morgan fingerprint density at radius 1 is 1.43 bits per heavy atom. The summed E-state index contributed by atoms with van der Waals surface area (Å²) in [5, 5.41) is 8.22. The standard InChI is InChI=1S/C8H6F2N2OS/c9-6-3-5(12)4-7(10)8(6)14(13)2-1-11/h3-4H,2,12H2. The predicted molar refractivity (Wildman–Crippen MR) is 47.7 cm³/mol. The van der Waals surface area contributed by atoms with Gasteiger partial charge in [0.05, 0.1) is 16.9 Å². The summed E-state index contributed by atoms with van der Waals surface area (Å²) in [6, 6.07) is 3.31. The third-order valence-electron chi connectivity index (χ3n) is 1.44. The first-order valence-corrected chi connectivity index (χ1v) is 4.88. The van der Waals surface area contributed by atoms with E-state index in [2.05, 4.69) is 0 Å². The maximum atomic E-state index is 13.1. The fraction of sp³-hybridized carbons (Fsp3) is 0.125. The summed E-state index contributed by atoms with van der Waals surface area (Å²) in [5.41, 5.74) is 5.07. The van der Waals surface area contributed by atoms with Crippen LogP contribution >= 0.6 is 0 Å². The zero-order valence-electron chi connectivity index (χ0n) is 6.96. The van der Waals surface area contributed by atoms with E-state index in [-0.39, 0.29) is 5.69 Å². The van der Waals surface area contributed by atoms with Crippen LogP contribution in [0.15, 0.2) is 17.0 Å². The summed E-state index contributed by atoms with van der Waals surface area (Å²) in [6.07, 6.45) is 0. The van der Waals surface area contributed by atoms with Gasteiger partial charge in [-0.1, -0.05) is 0 Å². The quantitative estimate of drug-likeness (QED) is 0.755. The van der Waals surface area contributed by atoms with Gasteiger partial charge in [-0.3, -0.25) is 4.21 Å². The number of benzene rings is 1. The van der Waals surface area contributed by atoms with Crippen LogP contribution in [0.5, 0.6) is 0 Å². The van der Waals surface area contributed by atoms with Crippen LogP contribution in [0.25, 0.3) is 0 Å². The highest BCUT2D eigenvalue weighted by atomic mass is 32.2. The molecule has 0 aliphatic carbocycles. The summed E-state index contributed by atoms with van der Waals surface area (Å²) in [5.74, 6) is -2.43. The Hall–Kier alpha value is -1.48. The van der Waals surface area contributed by atoms with Gasteiger partial charge >= 0.3 is 0 Å². The SMILES string of the molecule is N#CCS(=O)c1c(F)cc(N)cc1F. The normalized spacial score (nSPS) is 12.1. The Balaban J connectivity index is 3.22. The molecule has 3 nitrogen and oxygen atoms in total. The molecular formula is C8H6F2N2OS. The topological polar surface area (TPSA) is 66.9 Å². The summed E-state index contributed by atoms with van der Waals surface area (Å²) in [7, 11) is -1.98. The van der Waals surface area contributed by atoms with Gasteiger partial charge in [0.25, 0.3) is 0 Å². The molecule has 0 bridgehead atoms. The van der Waals surface area contributed by atoms with Crippen molar-refractivity contribution in [3.8, 4) is 6.07 Å². The molecule has 0 fully saturated rings. The van der Waals surface area contributed by atoms with Gasteiger partial charge in [-0.15, -0.1) is 0 Å². The van der Waals surface area contributed by atoms with Crippen molar-refractivity contribution in [2.45, 2.75) is 4.90 Å². The molecule has 0 aliphatic rings. The lowest BCUT2D eigenvalue weighted by molar-refractivity contribution is 0.536. The molecule has 0 aliphatic heterocycles. The molecule has 14 heavy (non-hydrogen) atoms. The number of anilines is 1. The van der Waals surface area contributed by atoms with Crippen LogP contribution < -0.4 is 5.73 Å². The predicted octanol–water partition coefficient (Wildman–Crippen LogP) is 1.18. The van der Waals surface area contributed by atoms with Gasteiger partial charge in [-0.05, 0) is 12.1 Å². The van der Waals surface area contributed by atoms with Gasteiger partial charge < -0.3 is 5.73 Å². The highest BCUT2D eigenvalue weighted by Crippen LogP contribution is 2.20. The largest absolute Gasteiger partial charge is 0.399 e. The van der Waals surface area contributed by atoms with E-state index in [4.69, 9.17) is 11.0 Å². The molecule has 6 heteroatoms. The maximum absolute atomic E-state index is 13.1. The number of nitrogens with zero attached hydrogens (tertiary/aromatic N) is 1. The van der Waals surface area contributed by atoms with E-state index in [1.165, 1.54) is 0 Å². The highest BCUT2D eigenvalue weighted by molar-refractivity contribution is 7.85. The molecule has 0 heterocycles. The van der Waals surface area contributed by atoms with Crippen molar-refractivity contribution in [2.24, 2.45) is 0 Å². The second kappa shape index (κ2) is 4.15. The Morgan fingerprint density at radius 2 is 1.93 bits per heavy atom. The zero-order chi connectivity index (χ0) is 10.7. The first kappa shape index (κ1) is 10.6. The first-order valence-electron chi connectivity index (χ1n) is 3.56. The Labute approximate surface area is 81.6 Å². The molecule has 0 saturated heterocycles. The molecule has 74 valence electrons.